The monoisotopic (exact) mass is 246 g/mol. The fourth-order valence-electron chi connectivity index (χ4n) is 2.31. The van der Waals surface area contributed by atoms with Gasteiger partial charge in [0.15, 0.2) is 0 Å². The Labute approximate surface area is 105 Å². The van der Waals surface area contributed by atoms with Crippen molar-refractivity contribution >= 4 is 11.5 Å². The first-order chi connectivity index (χ1) is 8.72. The van der Waals surface area contributed by atoms with Gasteiger partial charge in [0.1, 0.15) is 11.6 Å². The van der Waals surface area contributed by atoms with Crippen LogP contribution in [0.3, 0.4) is 0 Å². The van der Waals surface area contributed by atoms with Crippen molar-refractivity contribution in [3.63, 3.8) is 0 Å². The standard InChI is InChI=1S/C12H14N4O2/c13-7-10-5-6-14-12(11(10)16(17)18)15-8-9-3-1-2-4-9/h5-6,9H,1-4,8H2,(H,14,15). The minimum Gasteiger partial charge on any atom is -0.364 e. The van der Waals surface area contributed by atoms with E-state index in [4.69, 9.17) is 5.26 Å². The lowest BCUT2D eigenvalue weighted by molar-refractivity contribution is -0.384. The lowest BCUT2D eigenvalue weighted by Gasteiger charge is -2.11. The van der Waals surface area contributed by atoms with Crippen LogP contribution in [0.1, 0.15) is 31.2 Å². The van der Waals surface area contributed by atoms with Crippen molar-refractivity contribution in [2.24, 2.45) is 5.92 Å². The average molecular weight is 246 g/mol. The van der Waals surface area contributed by atoms with E-state index >= 15 is 0 Å². The van der Waals surface area contributed by atoms with Crippen LogP contribution < -0.4 is 5.32 Å². The highest BCUT2D eigenvalue weighted by atomic mass is 16.6. The number of anilines is 1. The molecule has 0 saturated heterocycles. The van der Waals surface area contributed by atoms with Crippen LogP contribution in [0.15, 0.2) is 12.3 Å². The predicted octanol–water partition coefficient (Wildman–Crippen LogP) is 2.46. The Morgan fingerprint density at radius 3 is 2.89 bits per heavy atom. The Balaban J connectivity index is 2.16. The minimum absolute atomic E-state index is 0.0453. The number of hydrogen-bond acceptors (Lipinski definition) is 5. The molecule has 1 fully saturated rings. The summed E-state index contributed by atoms with van der Waals surface area (Å²) >= 11 is 0. The highest BCUT2D eigenvalue weighted by Gasteiger charge is 2.22. The van der Waals surface area contributed by atoms with E-state index < -0.39 is 4.92 Å². The van der Waals surface area contributed by atoms with Crippen molar-refractivity contribution in [1.29, 1.82) is 5.26 Å². The molecule has 1 aliphatic carbocycles. The molecule has 0 atom stereocenters. The summed E-state index contributed by atoms with van der Waals surface area (Å²) in [7, 11) is 0. The molecule has 94 valence electrons. The number of nitrogens with zero attached hydrogens (tertiary/aromatic N) is 3. The third-order valence-electron chi connectivity index (χ3n) is 3.26. The zero-order valence-corrected chi connectivity index (χ0v) is 9.93. The number of pyridine rings is 1. The van der Waals surface area contributed by atoms with E-state index in [1.54, 1.807) is 0 Å². The van der Waals surface area contributed by atoms with Gasteiger partial charge in [-0.3, -0.25) is 10.1 Å². The maximum atomic E-state index is 11.0. The summed E-state index contributed by atoms with van der Waals surface area (Å²) in [5.74, 6) is 0.753. The number of nitriles is 1. The first-order valence-corrected chi connectivity index (χ1v) is 5.99. The second kappa shape index (κ2) is 5.45. The van der Waals surface area contributed by atoms with Crippen molar-refractivity contribution in [1.82, 2.24) is 4.98 Å². The molecule has 0 aromatic carbocycles. The lowest BCUT2D eigenvalue weighted by atomic mass is 10.1. The Morgan fingerprint density at radius 1 is 1.56 bits per heavy atom. The number of nitro groups is 1. The fourth-order valence-corrected chi connectivity index (χ4v) is 2.31. The van der Waals surface area contributed by atoms with Gasteiger partial charge in [0.25, 0.3) is 0 Å². The molecule has 1 heterocycles. The van der Waals surface area contributed by atoms with Crippen molar-refractivity contribution in [2.45, 2.75) is 25.7 Å². The van der Waals surface area contributed by atoms with Crippen LogP contribution in [0.2, 0.25) is 0 Å². The highest BCUT2D eigenvalue weighted by Crippen LogP contribution is 2.28. The van der Waals surface area contributed by atoms with Crippen LogP contribution in [-0.2, 0) is 0 Å². The predicted molar refractivity (Wildman–Crippen MR) is 66.1 cm³/mol. The first kappa shape index (κ1) is 12.3. The molecular weight excluding hydrogens is 232 g/mol. The summed E-state index contributed by atoms with van der Waals surface area (Å²) < 4.78 is 0. The highest BCUT2D eigenvalue weighted by molar-refractivity contribution is 5.64. The van der Waals surface area contributed by atoms with Crippen LogP contribution in [-0.4, -0.2) is 16.5 Å². The van der Waals surface area contributed by atoms with E-state index in [2.05, 4.69) is 10.3 Å². The molecule has 1 aromatic heterocycles. The SMILES string of the molecule is N#Cc1ccnc(NCC2CCCC2)c1[N+](=O)[O-]. The molecule has 18 heavy (non-hydrogen) atoms. The summed E-state index contributed by atoms with van der Waals surface area (Å²) in [5.41, 5.74) is -0.179. The molecule has 0 unspecified atom stereocenters. The molecule has 1 N–H and O–H groups in total. The van der Waals surface area contributed by atoms with E-state index in [9.17, 15) is 10.1 Å². The number of nitrogens with one attached hydrogen (secondary N) is 1. The molecule has 0 aliphatic heterocycles. The molecule has 1 aliphatic rings. The van der Waals surface area contributed by atoms with Crippen molar-refractivity contribution < 1.29 is 4.92 Å². The third-order valence-corrected chi connectivity index (χ3v) is 3.26. The molecule has 0 bridgehead atoms. The second-order valence-electron chi connectivity index (χ2n) is 4.46. The van der Waals surface area contributed by atoms with Crippen LogP contribution in [0.5, 0.6) is 0 Å². The molecular formula is C12H14N4O2. The van der Waals surface area contributed by atoms with Gasteiger partial charge < -0.3 is 5.32 Å². The smallest absolute Gasteiger partial charge is 0.328 e. The van der Waals surface area contributed by atoms with Gasteiger partial charge in [0.2, 0.25) is 5.82 Å². The van der Waals surface area contributed by atoms with Crippen LogP contribution >= 0.6 is 0 Å². The van der Waals surface area contributed by atoms with Gasteiger partial charge in [-0.2, -0.15) is 5.26 Å². The topological polar surface area (TPSA) is 91.8 Å². The van der Waals surface area contributed by atoms with Crippen molar-refractivity contribution in [3.8, 4) is 6.07 Å². The summed E-state index contributed by atoms with van der Waals surface area (Å²) in [6.45, 7) is 0.683. The summed E-state index contributed by atoms with van der Waals surface area (Å²) in [5, 5.41) is 22.8. The van der Waals surface area contributed by atoms with Crippen LogP contribution in [0.25, 0.3) is 0 Å². The van der Waals surface area contributed by atoms with Gasteiger partial charge >= 0.3 is 5.69 Å². The molecule has 6 heteroatoms. The molecule has 6 nitrogen and oxygen atoms in total. The number of aromatic nitrogens is 1. The van der Waals surface area contributed by atoms with Crippen molar-refractivity contribution in [2.75, 3.05) is 11.9 Å². The number of rotatable bonds is 4. The average Bonchev–Trinajstić information content (AvgIpc) is 2.88. The van der Waals surface area contributed by atoms with E-state index in [1.807, 2.05) is 6.07 Å². The summed E-state index contributed by atoms with van der Waals surface area (Å²) in [6, 6.07) is 3.18. The summed E-state index contributed by atoms with van der Waals surface area (Å²) in [4.78, 5) is 14.4. The Kier molecular flexibility index (Phi) is 3.72. The Morgan fingerprint density at radius 2 is 2.28 bits per heavy atom. The van der Waals surface area contributed by atoms with Gasteiger partial charge in [-0.15, -0.1) is 0 Å². The van der Waals surface area contributed by atoms with E-state index in [1.165, 1.54) is 25.1 Å². The van der Waals surface area contributed by atoms with Gasteiger partial charge in [-0.1, -0.05) is 12.8 Å². The molecule has 0 spiro atoms. The Bertz CT molecular complexity index is 489. The first-order valence-electron chi connectivity index (χ1n) is 5.99. The largest absolute Gasteiger partial charge is 0.364 e. The normalized spacial score (nSPS) is 15.3. The van der Waals surface area contributed by atoms with Gasteiger partial charge in [0, 0.05) is 12.7 Å². The van der Waals surface area contributed by atoms with Crippen molar-refractivity contribution in [3.05, 3.63) is 27.9 Å². The molecule has 1 saturated carbocycles. The molecule has 2 rings (SSSR count). The molecule has 0 radical (unpaired) electrons. The minimum atomic E-state index is -0.553. The Hall–Kier alpha value is -2.16. The van der Waals surface area contributed by atoms with Gasteiger partial charge in [-0.25, -0.2) is 4.98 Å². The van der Waals surface area contributed by atoms with Gasteiger partial charge in [-0.05, 0) is 24.8 Å². The van der Waals surface area contributed by atoms with E-state index in [0.717, 1.165) is 12.8 Å². The zero-order valence-electron chi connectivity index (χ0n) is 9.93. The van der Waals surface area contributed by atoms with Crippen LogP contribution in [0, 0.1) is 27.4 Å². The maximum Gasteiger partial charge on any atom is 0.328 e. The number of hydrogen-bond donors (Lipinski definition) is 1. The quantitative estimate of drug-likeness (QED) is 0.650. The second-order valence-corrected chi connectivity index (χ2v) is 4.46. The maximum absolute atomic E-state index is 11.0. The summed E-state index contributed by atoms with van der Waals surface area (Å²) in [6.07, 6.45) is 6.17. The van der Waals surface area contributed by atoms with E-state index in [-0.39, 0.29) is 17.1 Å². The fraction of sp³-hybridized carbons (Fsp3) is 0.500. The third kappa shape index (κ3) is 2.56. The van der Waals surface area contributed by atoms with Gasteiger partial charge in [0.05, 0.1) is 4.92 Å². The molecule has 1 aromatic rings. The van der Waals surface area contributed by atoms with E-state index in [0.29, 0.717) is 12.5 Å². The lowest BCUT2D eigenvalue weighted by Crippen LogP contribution is -2.13. The van der Waals surface area contributed by atoms with Crippen LogP contribution in [0.4, 0.5) is 11.5 Å². The zero-order chi connectivity index (χ0) is 13.0. The molecule has 0 amide bonds.